The van der Waals surface area contributed by atoms with Gasteiger partial charge in [-0.25, -0.2) is 9.97 Å². The zero-order chi connectivity index (χ0) is 12.4. The maximum atomic E-state index is 5.03. The van der Waals surface area contributed by atoms with Gasteiger partial charge in [0.2, 0.25) is 11.7 Å². The highest BCUT2D eigenvalue weighted by atomic mass is 16.5. The van der Waals surface area contributed by atoms with E-state index in [1.165, 1.54) is 0 Å². The molecule has 6 heteroatoms. The minimum atomic E-state index is 0.447. The minimum Gasteiger partial charge on any atom is -0.339 e. The zero-order valence-electron chi connectivity index (χ0n) is 10.3. The molecule has 3 rings (SSSR count). The van der Waals surface area contributed by atoms with Gasteiger partial charge in [0.1, 0.15) is 6.33 Å². The van der Waals surface area contributed by atoms with Crippen LogP contribution in [0.5, 0.6) is 0 Å². The summed E-state index contributed by atoms with van der Waals surface area (Å²) in [5.41, 5.74) is 1.92. The Hall–Kier alpha value is -1.82. The summed E-state index contributed by atoms with van der Waals surface area (Å²) in [5, 5.41) is 7.31. The van der Waals surface area contributed by atoms with Crippen LogP contribution in [0.25, 0.3) is 11.4 Å². The van der Waals surface area contributed by atoms with Gasteiger partial charge in [0.15, 0.2) is 0 Å². The van der Waals surface area contributed by atoms with Crippen LogP contribution in [0.2, 0.25) is 0 Å². The summed E-state index contributed by atoms with van der Waals surface area (Å²) in [6.07, 6.45) is 5.53. The lowest BCUT2D eigenvalue weighted by Crippen LogP contribution is -2.27. The van der Waals surface area contributed by atoms with Crippen LogP contribution in [0, 0.1) is 6.92 Å². The average molecular weight is 245 g/mol. The van der Waals surface area contributed by atoms with Crippen molar-refractivity contribution in [2.24, 2.45) is 0 Å². The summed E-state index contributed by atoms with van der Waals surface area (Å²) in [6, 6.07) is 0. The maximum Gasteiger partial charge on any atom is 0.223 e. The number of piperidine rings is 1. The normalized spacial score (nSPS) is 16.9. The average Bonchev–Trinajstić information content (AvgIpc) is 2.86. The molecule has 1 saturated heterocycles. The number of nitrogens with zero attached hydrogens (tertiary/aromatic N) is 4. The van der Waals surface area contributed by atoms with E-state index in [-0.39, 0.29) is 0 Å². The molecular formula is C12H15N5O. The third-order valence-electron chi connectivity index (χ3n) is 3.24. The molecule has 1 fully saturated rings. The van der Waals surface area contributed by atoms with E-state index in [1.54, 1.807) is 19.4 Å². The van der Waals surface area contributed by atoms with Crippen molar-refractivity contribution in [1.29, 1.82) is 0 Å². The Balaban J connectivity index is 1.99. The van der Waals surface area contributed by atoms with Crippen LogP contribution in [-0.2, 0) is 0 Å². The monoisotopic (exact) mass is 245 g/mol. The fourth-order valence-electron chi connectivity index (χ4n) is 2.34. The van der Waals surface area contributed by atoms with Gasteiger partial charge in [-0.3, -0.25) is 0 Å². The van der Waals surface area contributed by atoms with Crippen molar-refractivity contribution in [2.75, 3.05) is 13.1 Å². The second kappa shape index (κ2) is 4.81. The summed E-state index contributed by atoms with van der Waals surface area (Å²) in [6.45, 7) is 3.84. The molecule has 0 bridgehead atoms. The van der Waals surface area contributed by atoms with E-state index in [0.29, 0.717) is 17.6 Å². The highest BCUT2D eigenvalue weighted by Crippen LogP contribution is 2.30. The summed E-state index contributed by atoms with van der Waals surface area (Å²) in [4.78, 5) is 12.8. The molecule has 1 aliphatic rings. The molecule has 3 heterocycles. The van der Waals surface area contributed by atoms with Crippen LogP contribution in [0.4, 0.5) is 0 Å². The van der Waals surface area contributed by atoms with Crippen LogP contribution in [0.3, 0.4) is 0 Å². The Labute approximate surface area is 105 Å². The predicted octanol–water partition coefficient (Wildman–Crippen LogP) is 1.30. The van der Waals surface area contributed by atoms with Crippen LogP contribution in [0.1, 0.15) is 30.3 Å². The van der Waals surface area contributed by atoms with Gasteiger partial charge in [-0.1, -0.05) is 5.16 Å². The highest BCUT2D eigenvalue weighted by molar-refractivity contribution is 5.57. The molecule has 0 amide bonds. The van der Waals surface area contributed by atoms with Gasteiger partial charge in [-0.2, -0.15) is 4.98 Å². The molecule has 2 aromatic heterocycles. The fourth-order valence-corrected chi connectivity index (χ4v) is 2.34. The third kappa shape index (κ3) is 2.11. The van der Waals surface area contributed by atoms with Gasteiger partial charge < -0.3 is 9.84 Å². The first-order valence-corrected chi connectivity index (χ1v) is 6.16. The fraction of sp³-hybridized carbons (Fsp3) is 0.500. The molecule has 0 saturated carbocycles. The van der Waals surface area contributed by atoms with E-state index in [1.807, 2.05) is 0 Å². The summed E-state index contributed by atoms with van der Waals surface area (Å²) >= 11 is 0. The summed E-state index contributed by atoms with van der Waals surface area (Å²) < 4.78 is 5.03. The van der Waals surface area contributed by atoms with Gasteiger partial charge in [0.05, 0.1) is 11.3 Å². The largest absolute Gasteiger partial charge is 0.339 e. The van der Waals surface area contributed by atoms with E-state index < -0.39 is 0 Å². The SMILES string of the molecule is Cc1nc(-c2cncnc2C2CCNCC2)no1. The molecule has 1 aliphatic heterocycles. The second-order valence-electron chi connectivity index (χ2n) is 4.48. The number of hydrogen-bond acceptors (Lipinski definition) is 6. The number of nitrogens with one attached hydrogen (secondary N) is 1. The Kier molecular flexibility index (Phi) is 3.02. The van der Waals surface area contributed by atoms with E-state index in [0.717, 1.165) is 37.2 Å². The number of hydrogen-bond donors (Lipinski definition) is 1. The van der Waals surface area contributed by atoms with Gasteiger partial charge in [-0.05, 0) is 25.9 Å². The lowest BCUT2D eigenvalue weighted by Gasteiger charge is -2.23. The van der Waals surface area contributed by atoms with Crippen molar-refractivity contribution in [1.82, 2.24) is 25.4 Å². The van der Waals surface area contributed by atoms with Crippen molar-refractivity contribution in [2.45, 2.75) is 25.7 Å². The highest BCUT2D eigenvalue weighted by Gasteiger charge is 2.22. The van der Waals surface area contributed by atoms with Crippen molar-refractivity contribution in [3.8, 4) is 11.4 Å². The lowest BCUT2D eigenvalue weighted by molar-refractivity contribution is 0.394. The molecule has 6 nitrogen and oxygen atoms in total. The second-order valence-corrected chi connectivity index (χ2v) is 4.48. The first-order chi connectivity index (χ1) is 8.84. The third-order valence-corrected chi connectivity index (χ3v) is 3.24. The van der Waals surface area contributed by atoms with Gasteiger partial charge >= 0.3 is 0 Å². The molecule has 2 aromatic rings. The standard InChI is InChI=1S/C12H15N5O/c1-8-16-12(17-18-8)10-6-14-7-15-11(10)9-2-4-13-5-3-9/h6-7,9,13H,2-5H2,1H3. The van der Waals surface area contributed by atoms with Crippen LogP contribution in [0.15, 0.2) is 17.0 Å². The van der Waals surface area contributed by atoms with Crippen molar-refractivity contribution in [3.05, 3.63) is 24.1 Å². The van der Waals surface area contributed by atoms with E-state index in [4.69, 9.17) is 4.52 Å². The molecule has 0 aliphatic carbocycles. The maximum absolute atomic E-state index is 5.03. The van der Waals surface area contributed by atoms with Crippen LogP contribution < -0.4 is 5.32 Å². The minimum absolute atomic E-state index is 0.447. The number of rotatable bonds is 2. The van der Waals surface area contributed by atoms with E-state index in [9.17, 15) is 0 Å². The number of aromatic nitrogens is 4. The molecule has 0 atom stereocenters. The van der Waals surface area contributed by atoms with Crippen LogP contribution in [-0.4, -0.2) is 33.2 Å². The lowest BCUT2D eigenvalue weighted by atomic mass is 9.91. The molecular weight excluding hydrogens is 230 g/mol. The Morgan fingerprint density at radius 2 is 2.17 bits per heavy atom. The van der Waals surface area contributed by atoms with Gasteiger partial charge in [-0.15, -0.1) is 0 Å². The zero-order valence-corrected chi connectivity index (χ0v) is 10.3. The quantitative estimate of drug-likeness (QED) is 0.859. The molecule has 0 unspecified atom stereocenters. The van der Waals surface area contributed by atoms with Crippen molar-refractivity contribution in [3.63, 3.8) is 0 Å². The first kappa shape index (κ1) is 11.3. The summed E-state index contributed by atoms with van der Waals surface area (Å²) in [5.74, 6) is 1.59. The topological polar surface area (TPSA) is 76.7 Å². The van der Waals surface area contributed by atoms with Crippen molar-refractivity contribution >= 4 is 0 Å². The Morgan fingerprint density at radius 1 is 1.33 bits per heavy atom. The predicted molar refractivity (Wildman–Crippen MR) is 64.9 cm³/mol. The van der Waals surface area contributed by atoms with Crippen molar-refractivity contribution < 1.29 is 4.52 Å². The summed E-state index contributed by atoms with van der Waals surface area (Å²) in [7, 11) is 0. The van der Waals surface area contributed by atoms with Crippen LogP contribution >= 0.6 is 0 Å². The van der Waals surface area contributed by atoms with Gasteiger partial charge in [0.25, 0.3) is 0 Å². The molecule has 94 valence electrons. The molecule has 0 radical (unpaired) electrons. The Morgan fingerprint density at radius 3 is 2.89 bits per heavy atom. The molecule has 0 aromatic carbocycles. The first-order valence-electron chi connectivity index (χ1n) is 6.16. The Bertz CT molecular complexity index is 533. The molecule has 1 N–H and O–H groups in total. The van der Waals surface area contributed by atoms with E-state index >= 15 is 0 Å². The van der Waals surface area contributed by atoms with E-state index in [2.05, 4.69) is 25.4 Å². The van der Waals surface area contributed by atoms with Gasteiger partial charge in [0, 0.05) is 19.0 Å². The number of aryl methyl sites for hydroxylation is 1. The molecule has 0 spiro atoms. The smallest absolute Gasteiger partial charge is 0.223 e. The molecule has 18 heavy (non-hydrogen) atoms.